The molecule has 59 heavy (non-hydrogen) atoms. The lowest BCUT2D eigenvalue weighted by molar-refractivity contribution is -0.128. The number of phenols is 2. The van der Waals surface area contributed by atoms with Crippen LogP contribution in [0.5, 0.6) is 11.5 Å². The largest absolute Gasteiger partial charge is 0.508 e. The molecule has 3 aliphatic rings. The maximum Gasteiger partial charge on any atom is 0.324 e. The highest BCUT2D eigenvalue weighted by Crippen LogP contribution is 2.38. The number of phenolic OH excluding ortho intramolecular Hbond substituents is 2. The first-order valence-corrected chi connectivity index (χ1v) is 20.3. The normalized spacial score (nSPS) is 22.0. The smallest absolute Gasteiger partial charge is 0.324 e. The van der Waals surface area contributed by atoms with Crippen molar-refractivity contribution >= 4 is 56.6 Å². The van der Waals surface area contributed by atoms with Crippen molar-refractivity contribution in [3.8, 4) is 11.5 Å². The van der Waals surface area contributed by atoms with Gasteiger partial charge in [0.25, 0.3) is 0 Å². The maximum absolute atomic E-state index is 13.0. The lowest BCUT2D eigenvalue weighted by atomic mass is 9.91. The van der Waals surface area contributed by atoms with Crippen LogP contribution in [0.15, 0.2) is 84.0 Å². The molecule has 2 saturated heterocycles. The second kappa shape index (κ2) is 15.7. The van der Waals surface area contributed by atoms with Gasteiger partial charge in [0.15, 0.2) is 17.0 Å². The van der Waals surface area contributed by atoms with Crippen LogP contribution in [-0.2, 0) is 14.8 Å². The van der Waals surface area contributed by atoms with Gasteiger partial charge < -0.3 is 51.2 Å². The van der Waals surface area contributed by atoms with Crippen molar-refractivity contribution in [2.24, 2.45) is 5.14 Å². The average Bonchev–Trinajstić information content (AvgIpc) is 3.99. The molecule has 4 heterocycles. The molecule has 8 rings (SSSR count). The third-order valence-electron chi connectivity index (χ3n) is 10.9. The van der Waals surface area contributed by atoms with E-state index in [0.717, 1.165) is 16.0 Å². The van der Waals surface area contributed by atoms with E-state index < -0.39 is 52.3 Å². The van der Waals surface area contributed by atoms with E-state index in [9.17, 15) is 43.2 Å². The van der Waals surface area contributed by atoms with Crippen LogP contribution in [-0.4, -0.2) is 122 Å². The maximum atomic E-state index is 13.0. The van der Waals surface area contributed by atoms with Gasteiger partial charge in [-0.25, -0.2) is 28.1 Å². The second-order valence-corrected chi connectivity index (χ2v) is 16.3. The number of nitrogens with one attached hydrogen (secondary N) is 4. The summed E-state index contributed by atoms with van der Waals surface area (Å²) >= 11 is 0. The Balaban J connectivity index is 1.09. The van der Waals surface area contributed by atoms with E-state index in [-0.39, 0.29) is 66.0 Å². The SMILES string of the molecule is NS(=O)(=O)c1cccc(NC(=O)N[C@@H]2CCN(c3nc(NCC(c4ccc(O)cc4)c4ccc(O)cc4)c4ncn([C@@H]5C[C@H](N6C(=O)CNC6=O)[C@@H](O)[C@H]5O)c4n3)C2)c1. The zero-order valence-electron chi connectivity index (χ0n) is 31.2. The van der Waals surface area contributed by atoms with Crippen molar-refractivity contribution in [1.29, 1.82) is 0 Å². The number of hydrogen-bond donors (Lipinski definition) is 9. The molecular weight excluding hydrogens is 787 g/mol. The van der Waals surface area contributed by atoms with Gasteiger partial charge in [0.1, 0.15) is 23.7 Å². The highest BCUT2D eigenvalue weighted by molar-refractivity contribution is 7.89. The van der Waals surface area contributed by atoms with Crippen molar-refractivity contribution in [3.05, 3.63) is 90.3 Å². The predicted octanol–water partition coefficient (Wildman–Crippen LogP) is 1.12. The number of anilines is 3. The van der Waals surface area contributed by atoms with Crippen molar-refractivity contribution < 1.29 is 43.2 Å². The first-order chi connectivity index (χ1) is 28.2. The van der Waals surface area contributed by atoms with Gasteiger partial charge in [-0.2, -0.15) is 9.97 Å². The fourth-order valence-electron chi connectivity index (χ4n) is 7.90. The summed E-state index contributed by atoms with van der Waals surface area (Å²) in [5, 5.41) is 59.1. The van der Waals surface area contributed by atoms with E-state index in [0.29, 0.717) is 29.9 Å². The molecule has 20 nitrogen and oxygen atoms in total. The Morgan fingerprint density at radius 2 is 1.63 bits per heavy atom. The van der Waals surface area contributed by atoms with E-state index in [1.54, 1.807) is 53.1 Å². The van der Waals surface area contributed by atoms with Crippen molar-refractivity contribution in [3.63, 3.8) is 0 Å². The van der Waals surface area contributed by atoms with Gasteiger partial charge in [-0.15, -0.1) is 0 Å². The quantitative estimate of drug-likeness (QED) is 0.0844. The van der Waals surface area contributed by atoms with Gasteiger partial charge in [0, 0.05) is 37.3 Å². The predicted molar refractivity (Wildman–Crippen MR) is 212 cm³/mol. The molecule has 0 bridgehead atoms. The van der Waals surface area contributed by atoms with Crippen LogP contribution in [0.4, 0.5) is 27.0 Å². The highest BCUT2D eigenvalue weighted by Gasteiger charge is 2.50. The number of benzene rings is 3. The van der Waals surface area contributed by atoms with E-state index in [1.165, 1.54) is 30.6 Å². The van der Waals surface area contributed by atoms with Gasteiger partial charge >= 0.3 is 12.1 Å². The zero-order valence-corrected chi connectivity index (χ0v) is 32.0. The molecule has 1 aliphatic carbocycles. The number of imide groups is 1. The van der Waals surface area contributed by atoms with Crippen molar-refractivity contribution in [1.82, 2.24) is 35.1 Å². The summed E-state index contributed by atoms with van der Waals surface area (Å²) in [6.07, 6.45) is -0.863. The third kappa shape index (κ3) is 7.99. The van der Waals surface area contributed by atoms with Crippen LogP contribution in [0.3, 0.4) is 0 Å². The summed E-state index contributed by atoms with van der Waals surface area (Å²) in [7, 11) is -3.98. The summed E-state index contributed by atoms with van der Waals surface area (Å²) in [5.74, 6) is -0.0266. The number of nitrogens with zero attached hydrogens (tertiary/aromatic N) is 6. The van der Waals surface area contributed by atoms with Crippen molar-refractivity contribution in [2.45, 2.75) is 54.0 Å². The lowest BCUT2D eigenvalue weighted by Gasteiger charge is -2.23. The van der Waals surface area contributed by atoms with Crippen molar-refractivity contribution in [2.75, 3.05) is 41.7 Å². The number of primary sulfonamides is 1. The van der Waals surface area contributed by atoms with E-state index in [4.69, 9.17) is 15.1 Å². The fourth-order valence-corrected chi connectivity index (χ4v) is 8.46. The number of rotatable bonds is 11. The summed E-state index contributed by atoms with van der Waals surface area (Å²) in [5.41, 5.74) is 2.57. The Bertz CT molecular complexity index is 2460. The van der Waals surface area contributed by atoms with E-state index >= 15 is 0 Å². The minimum absolute atomic E-state index is 0.0176. The molecule has 3 aromatic carbocycles. The van der Waals surface area contributed by atoms with Crippen LogP contribution >= 0.6 is 0 Å². The molecule has 5 aromatic rings. The minimum atomic E-state index is -3.98. The topological polar surface area (TPSA) is 290 Å². The number of urea groups is 2. The third-order valence-corrected chi connectivity index (χ3v) is 11.8. The molecule has 1 saturated carbocycles. The molecule has 0 radical (unpaired) electrons. The van der Waals surface area contributed by atoms with Gasteiger partial charge in [0.2, 0.25) is 21.9 Å². The molecule has 3 fully saturated rings. The van der Waals surface area contributed by atoms with Crippen LogP contribution in [0.2, 0.25) is 0 Å². The number of sulfonamides is 1. The molecule has 21 heteroatoms. The summed E-state index contributed by atoms with van der Waals surface area (Å²) in [6.45, 7) is 0.765. The summed E-state index contributed by atoms with van der Waals surface area (Å²) in [4.78, 5) is 55.2. The average molecular weight is 828 g/mol. The number of aromatic nitrogens is 4. The Morgan fingerprint density at radius 3 is 2.27 bits per heavy atom. The van der Waals surface area contributed by atoms with Gasteiger partial charge in [-0.05, 0) is 66.4 Å². The fraction of sp³-hybridized carbons (Fsp3) is 0.316. The number of aromatic hydroxyl groups is 2. The number of aliphatic hydroxyl groups excluding tert-OH is 2. The zero-order chi connectivity index (χ0) is 41.6. The molecule has 308 valence electrons. The van der Waals surface area contributed by atoms with Gasteiger partial charge in [0.05, 0.1) is 29.9 Å². The van der Waals surface area contributed by atoms with Crippen LogP contribution < -0.4 is 31.3 Å². The number of nitrogens with two attached hydrogens (primary N) is 1. The number of amides is 5. The van der Waals surface area contributed by atoms with Crippen LogP contribution in [0.25, 0.3) is 11.2 Å². The molecular formula is C38H41N11O9S. The number of carbonyl (C=O) groups excluding carboxylic acids is 3. The highest BCUT2D eigenvalue weighted by atomic mass is 32.2. The Labute approximate surface area is 336 Å². The van der Waals surface area contributed by atoms with Gasteiger partial charge in [-0.1, -0.05) is 30.3 Å². The van der Waals surface area contributed by atoms with E-state index in [2.05, 4.69) is 26.3 Å². The molecule has 2 aromatic heterocycles. The molecule has 0 spiro atoms. The molecule has 0 unspecified atom stereocenters. The van der Waals surface area contributed by atoms with Gasteiger partial charge in [-0.3, -0.25) is 9.69 Å². The number of fused-ring (bicyclic) bond motifs is 1. The molecule has 10 N–H and O–H groups in total. The molecule has 2 aliphatic heterocycles. The number of aliphatic hydroxyl groups is 2. The first-order valence-electron chi connectivity index (χ1n) is 18.7. The Hall–Kier alpha value is -6.55. The monoisotopic (exact) mass is 827 g/mol. The molecule has 5 amide bonds. The van der Waals surface area contributed by atoms with E-state index in [1.807, 2.05) is 4.90 Å². The number of carbonyl (C=O) groups is 3. The standard InChI is InChI=1S/C38H41N11O9S/c39-59(57,58)26-3-1-2-22(14-26)43-37(55)44-23-12-13-47(18-23)36-45-34(40-16-27(20-4-8-24(50)9-5-20)21-6-10-25(51)11-7-21)31-35(46-36)48(19-42-31)28-15-29(33(54)32(28)53)49-30(52)17-41-38(49)56/h1-11,14,19,23,27-29,32-33,50-51,53-54H,12-13,15-18H2,(H,41,56)(H2,39,57,58)(H,40,45,46)(H2,43,44,55)/t23-,28-,29+,32+,33-/m1/s1. The Morgan fingerprint density at radius 1 is 0.949 bits per heavy atom. The van der Waals surface area contributed by atoms with Crippen LogP contribution in [0, 0.1) is 0 Å². The first kappa shape index (κ1) is 39.3. The number of imidazole rings is 1. The van der Waals surface area contributed by atoms with Crippen LogP contribution in [0.1, 0.15) is 35.9 Å². The molecule has 5 atom stereocenters. The summed E-state index contributed by atoms with van der Waals surface area (Å²) in [6, 6.07) is 15.6. The second-order valence-electron chi connectivity index (χ2n) is 14.7. The summed E-state index contributed by atoms with van der Waals surface area (Å²) < 4.78 is 25.2. The Kier molecular flexibility index (Phi) is 10.4. The minimum Gasteiger partial charge on any atom is -0.508 e. The number of hydrogen-bond acceptors (Lipinski definition) is 14. The lowest BCUT2D eigenvalue weighted by Crippen LogP contribution is -2.46.